The van der Waals surface area contributed by atoms with Gasteiger partial charge in [-0.1, -0.05) is 35.5 Å². The van der Waals surface area contributed by atoms with E-state index in [9.17, 15) is 23.5 Å². The van der Waals surface area contributed by atoms with E-state index in [1.807, 2.05) is 44.2 Å². The lowest BCUT2D eigenvalue weighted by atomic mass is 9.83. The number of carboxylic acid groups (broad SMARTS) is 1. The predicted molar refractivity (Wildman–Crippen MR) is 133 cm³/mol. The van der Waals surface area contributed by atoms with E-state index in [2.05, 4.69) is 10.3 Å². The molecular weight excluding hydrogens is 478 g/mol. The number of halogens is 2. The average molecular weight is 505 g/mol. The molecule has 1 unspecified atom stereocenters. The number of amides is 1. The lowest BCUT2D eigenvalue weighted by Crippen LogP contribution is -2.37. The van der Waals surface area contributed by atoms with Crippen molar-refractivity contribution in [1.82, 2.24) is 19.9 Å². The van der Waals surface area contributed by atoms with Gasteiger partial charge in [-0.25, -0.2) is 13.5 Å². The van der Waals surface area contributed by atoms with Crippen molar-refractivity contribution in [3.05, 3.63) is 93.5 Å². The molecule has 1 amide bonds. The van der Waals surface area contributed by atoms with Gasteiger partial charge in [0.05, 0.1) is 11.9 Å². The summed E-state index contributed by atoms with van der Waals surface area (Å²) in [5.41, 5.74) is 5.42. The van der Waals surface area contributed by atoms with Crippen LogP contribution in [0.5, 0.6) is 0 Å². The summed E-state index contributed by atoms with van der Waals surface area (Å²) >= 11 is 0. The number of carboxylic acids is 1. The molecule has 5 rings (SSSR count). The van der Waals surface area contributed by atoms with Crippen LogP contribution in [0.25, 0.3) is 11.0 Å². The third-order valence-corrected chi connectivity index (χ3v) is 7.14. The van der Waals surface area contributed by atoms with Crippen molar-refractivity contribution in [2.45, 2.75) is 45.7 Å². The van der Waals surface area contributed by atoms with Gasteiger partial charge in [-0.15, -0.1) is 5.10 Å². The van der Waals surface area contributed by atoms with Crippen molar-refractivity contribution in [2.24, 2.45) is 0 Å². The normalized spacial score (nSPS) is 14.0. The van der Waals surface area contributed by atoms with E-state index >= 15 is 0 Å². The van der Waals surface area contributed by atoms with Crippen LogP contribution in [0.1, 0.15) is 57.4 Å². The highest BCUT2D eigenvalue weighted by Gasteiger charge is 2.28. The van der Waals surface area contributed by atoms with Gasteiger partial charge in [0.15, 0.2) is 0 Å². The van der Waals surface area contributed by atoms with Crippen LogP contribution >= 0.6 is 0 Å². The molecule has 1 aromatic heterocycles. The Bertz CT molecular complexity index is 1510. The van der Waals surface area contributed by atoms with E-state index in [0.29, 0.717) is 19.5 Å². The Morgan fingerprint density at radius 1 is 1.08 bits per heavy atom. The molecule has 9 heteroatoms. The van der Waals surface area contributed by atoms with Gasteiger partial charge in [0.1, 0.15) is 22.7 Å². The first-order valence-corrected chi connectivity index (χ1v) is 12.2. The van der Waals surface area contributed by atoms with Gasteiger partial charge in [-0.3, -0.25) is 9.59 Å². The second kappa shape index (κ2) is 9.72. The molecule has 0 aliphatic carbocycles. The van der Waals surface area contributed by atoms with Gasteiger partial charge in [-0.05, 0) is 66.3 Å². The van der Waals surface area contributed by atoms with Crippen LogP contribution in [0.3, 0.4) is 0 Å². The zero-order valence-electron chi connectivity index (χ0n) is 20.5. The Morgan fingerprint density at radius 2 is 1.84 bits per heavy atom. The number of carbonyl (C=O) groups is 2. The van der Waals surface area contributed by atoms with E-state index in [0.717, 1.165) is 51.0 Å². The molecule has 0 saturated heterocycles. The molecule has 7 nitrogen and oxygen atoms in total. The Kier molecular flexibility index (Phi) is 6.45. The third-order valence-electron chi connectivity index (χ3n) is 7.14. The third kappa shape index (κ3) is 4.45. The molecule has 0 radical (unpaired) electrons. The summed E-state index contributed by atoms with van der Waals surface area (Å²) in [6.07, 6.45) is 0.405. The topological polar surface area (TPSA) is 88.3 Å². The number of carbonyl (C=O) groups excluding carboxylic acids is 1. The molecule has 2 heterocycles. The quantitative estimate of drug-likeness (QED) is 0.406. The Hall–Kier alpha value is -4.14. The molecule has 1 atom stereocenters. The number of benzene rings is 3. The lowest BCUT2D eigenvalue weighted by Gasteiger charge is -2.30. The van der Waals surface area contributed by atoms with Gasteiger partial charge in [0.2, 0.25) is 0 Å². The van der Waals surface area contributed by atoms with E-state index in [1.165, 1.54) is 11.0 Å². The van der Waals surface area contributed by atoms with E-state index < -0.39 is 35.0 Å². The number of hydrogen-bond donors (Lipinski definition) is 1. The lowest BCUT2D eigenvalue weighted by molar-refractivity contribution is -0.137. The first-order valence-electron chi connectivity index (χ1n) is 12.2. The zero-order chi connectivity index (χ0) is 26.3. The largest absolute Gasteiger partial charge is 0.481 e. The Labute approximate surface area is 212 Å². The monoisotopic (exact) mass is 504 g/mol. The number of hydrogen-bond acceptors (Lipinski definition) is 4. The van der Waals surface area contributed by atoms with Crippen LogP contribution in [0.2, 0.25) is 0 Å². The maximum atomic E-state index is 14.2. The molecule has 1 N–H and O–H groups in total. The number of aryl methyl sites for hydroxylation is 2. The summed E-state index contributed by atoms with van der Waals surface area (Å²) in [4.78, 5) is 26.3. The molecule has 4 aromatic rings. The maximum Gasteiger partial charge on any atom is 0.304 e. The summed E-state index contributed by atoms with van der Waals surface area (Å²) in [6, 6.07) is 13.0. The second-order valence-electron chi connectivity index (χ2n) is 9.30. The SMILES string of the molecule is CCn1nnc2c(C)c(C(CC(=O)O)c3ccc4c(c3)CN(C(=O)c3c(F)cccc3F)CC4)ccc21. The van der Waals surface area contributed by atoms with Gasteiger partial charge >= 0.3 is 5.97 Å². The van der Waals surface area contributed by atoms with Crippen LogP contribution in [0.4, 0.5) is 8.78 Å². The predicted octanol–water partition coefficient (Wildman–Crippen LogP) is 4.84. The number of nitrogens with zero attached hydrogens (tertiary/aromatic N) is 4. The van der Waals surface area contributed by atoms with E-state index in [1.54, 1.807) is 4.68 Å². The summed E-state index contributed by atoms with van der Waals surface area (Å²) < 4.78 is 30.3. The molecule has 3 aromatic carbocycles. The summed E-state index contributed by atoms with van der Waals surface area (Å²) in [7, 11) is 0. The Morgan fingerprint density at radius 3 is 2.54 bits per heavy atom. The van der Waals surface area contributed by atoms with Crippen molar-refractivity contribution in [3.63, 3.8) is 0 Å². The van der Waals surface area contributed by atoms with Crippen molar-refractivity contribution < 1.29 is 23.5 Å². The molecule has 190 valence electrons. The summed E-state index contributed by atoms with van der Waals surface area (Å²) in [6.45, 7) is 5.08. The minimum Gasteiger partial charge on any atom is -0.481 e. The van der Waals surface area contributed by atoms with Crippen LogP contribution < -0.4 is 0 Å². The van der Waals surface area contributed by atoms with Crippen molar-refractivity contribution in [2.75, 3.05) is 6.54 Å². The van der Waals surface area contributed by atoms with Crippen LogP contribution in [-0.4, -0.2) is 43.4 Å². The molecule has 0 fully saturated rings. The van der Waals surface area contributed by atoms with Crippen molar-refractivity contribution >= 4 is 22.9 Å². The van der Waals surface area contributed by atoms with Crippen molar-refractivity contribution in [3.8, 4) is 0 Å². The number of aromatic nitrogens is 3. The highest BCUT2D eigenvalue weighted by molar-refractivity contribution is 5.95. The summed E-state index contributed by atoms with van der Waals surface area (Å²) in [5.74, 6) is -3.87. The number of aliphatic carboxylic acids is 1. The zero-order valence-corrected chi connectivity index (χ0v) is 20.5. The number of rotatable bonds is 6. The highest BCUT2D eigenvalue weighted by Crippen LogP contribution is 2.35. The van der Waals surface area contributed by atoms with Gasteiger partial charge in [0.25, 0.3) is 5.91 Å². The molecular formula is C28H26F2N4O3. The molecule has 1 aliphatic rings. The van der Waals surface area contributed by atoms with Crippen molar-refractivity contribution in [1.29, 1.82) is 0 Å². The molecule has 0 saturated carbocycles. The van der Waals surface area contributed by atoms with Gasteiger partial charge in [-0.2, -0.15) is 0 Å². The number of fused-ring (bicyclic) bond motifs is 2. The molecule has 1 aliphatic heterocycles. The first-order chi connectivity index (χ1) is 17.8. The van der Waals surface area contributed by atoms with Crippen LogP contribution in [0, 0.1) is 18.6 Å². The molecule has 37 heavy (non-hydrogen) atoms. The fourth-order valence-corrected chi connectivity index (χ4v) is 5.20. The minimum absolute atomic E-state index is 0.129. The molecule has 0 bridgehead atoms. The fourth-order valence-electron chi connectivity index (χ4n) is 5.20. The van der Waals surface area contributed by atoms with Crippen LogP contribution in [-0.2, 0) is 24.3 Å². The second-order valence-corrected chi connectivity index (χ2v) is 9.30. The first kappa shape index (κ1) is 24.5. The van der Waals surface area contributed by atoms with Gasteiger partial charge in [0, 0.05) is 25.6 Å². The Balaban J connectivity index is 1.51. The highest BCUT2D eigenvalue weighted by atomic mass is 19.1. The summed E-state index contributed by atoms with van der Waals surface area (Å²) in [5, 5.41) is 18.2. The smallest absolute Gasteiger partial charge is 0.304 e. The fraction of sp³-hybridized carbons (Fsp3) is 0.286. The van der Waals surface area contributed by atoms with Gasteiger partial charge < -0.3 is 10.0 Å². The van der Waals surface area contributed by atoms with Crippen LogP contribution in [0.15, 0.2) is 48.5 Å². The average Bonchev–Trinajstić information content (AvgIpc) is 3.31. The van der Waals surface area contributed by atoms with E-state index in [4.69, 9.17) is 0 Å². The minimum atomic E-state index is -0.939. The van der Waals surface area contributed by atoms with E-state index in [-0.39, 0.29) is 13.0 Å². The molecule has 0 spiro atoms. The maximum absolute atomic E-state index is 14.2. The standard InChI is InChI=1S/C28H26F2N4O3/c1-3-34-24-10-9-20(16(2)27(24)31-32-34)21(14-25(35)36)18-8-7-17-11-12-33(15-19(17)13-18)28(37)26-22(29)5-4-6-23(26)30/h4-10,13,21H,3,11-12,14-15H2,1-2H3,(H,35,36).